The summed E-state index contributed by atoms with van der Waals surface area (Å²) in [7, 11) is 0. The first kappa shape index (κ1) is 16.4. The highest BCUT2D eigenvalue weighted by molar-refractivity contribution is 9.10. The van der Waals surface area contributed by atoms with Gasteiger partial charge in [0.2, 0.25) is 5.90 Å². The predicted octanol–water partition coefficient (Wildman–Crippen LogP) is 4.36. The Morgan fingerprint density at radius 3 is 2.54 bits per heavy atom. The van der Waals surface area contributed by atoms with Crippen LogP contribution in [0.1, 0.15) is 11.1 Å². The lowest BCUT2D eigenvalue weighted by Gasteiger charge is -2.02. The van der Waals surface area contributed by atoms with Crippen molar-refractivity contribution in [2.45, 2.75) is 0 Å². The fourth-order valence-electron chi connectivity index (χ4n) is 2.03. The number of non-ortho nitro benzene ring substituents is 1. The maximum absolute atomic E-state index is 12.0. The van der Waals surface area contributed by atoms with Crippen LogP contribution in [0.4, 0.5) is 5.69 Å². The van der Waals surface area contributed by atoms with Crippen molar-refractivity contribution >= 4 is 51.2 Å². The molecule has 1 aliphatic rings. The Balaban J connectivity index is 1.94. The van der Waals surface area contributed by atoms with E-state index in [1.165, 1.54) is 18.2 Å². The molecule has 0 amide bonds. The van der Waals surface area contributed by atoms with Crippen LogP contribution in [0.25, 0.3) is 6.08 Å². The molecule has 0 aromatic heterocycles. The van der Waals surface area contributed by atoms with E-state index in [9.17, 15) is 14.9 Å². The molecule has 0 saturated heterocycles. The molecule has 0 spiro atoms. The van der Waals surface area contributed by atoms with Crippen LogP contribution in [0.2, 0.25) is 5.02 Å². The van der Waals surface area contributed by atoms with Crippen molar-refractivity contribution in [3.8, 4) is 0 Å². The average molecular weight is 408 g/mol. The van der Waals surface area contributed by atoms with E-state index >= 15 is 0 Å². The SMILES string of the molecule is O=C1OC(c2ccc([N+](=O)[O-])cc2Cl)=N/C1=C/c1ccc(Br)cc1. The first-order valence-corrected chi connectivity index (χ1v) is 7.83. The fraction of sp³-hybridized carbons (Fsp3) is 0. The van der Waals surface area contributed by atoms with Crippen LogP contribution in [-0.2, 0) is 9.53 Å². The number of aliphatic imine (C=N–C) groups is 1. The lowest BCUT2D eigenvalue weighted by Crippen LogP contribution is -2.06. The van der Waals surface area contributed by atoms with Gasteiger partial charge in [0, 0.05) is 16.6 Å². The molecule has 0 atom stereocenters. The fourth-order valence-corrected chi connectivity index (χ4v) is 2.55. The van der Waals surface area contributed by atoms with E-state index in [2.05, 4.69) is 20.9 Å². The molecule has 24 heavy (non-hydrogen) atoms. The van der Waals surface area contributed by atoms with Crippen molar-refractivity contribution in [3.63, 3.8) is 0 Å². The minimum absolute atomic E-state index is 0.0169. The van der Waals surface area contributed by atoms with Crippen molar-refractivity contribution in [1.29, 1.82) is 0 Å². The van der Waals surface area contributed by atoms with E-state index in [-0.39, 0.29) is 22.3 Å². The maximum atomic E-state index is 12.0. The minimum atomic E-state index is -0.609. The average Bonchev–Trinajstić information content (AvgIpc) is 2.90. The van der Waals surface area contributed by atoms with E-state index < -0.39 is 10.9 Å². The normalized spacial score (nSPS) is 15.3. The van der Waals surface area contributed by atoms with Gasteiger partial charge >= 0.3 is 5.97 Å². The standard InChI is InChI=1S/C16H8BrClN2O4/c17-10-3-1-9(2-4-10)7-14-16(21)24-15(19-14)12-6-5-11(20(22)23)8-13(12)18/h1-8H/b14-7+. The molecular weight excluding hydrogens is 400 g/mol. The lowest BCUT2D eigenvalue weighted by molar-refractivity contribution is -0.384. The molecule has 0 unspecified atom stereocenters. The molecule has 0 N–H and O–H groups in total. The second-order valence-corrected chi connectivity index (χ2v) is 6.13. The highest BCUT2D eigenvalue weighted by Gasteiger charge is 2.26. The summed E-state index contributed by atoms with van der Waals surface area (Å²) in [6, 6.07) is 11.2. The highest BCUT2D eigenvalue weighted by Crippen LogP contribution is 2.27. The topological polar surface area (TPSA) is 81.8 Å². The number of esters is 1. The molecule has 1 heterocycles. The summed E-state index contributed by atoms with van der Waals surface area (Å²) in [5.41, 5.74) is 1.07. The van der Waals surface area contributed by atoms with Gasteiger partial charge in [-0.3, -0.25) is 10.1 Å². The number of benzene rings is 2. The van der Waals surface area contributed by atoms with Crippen LogP contribution in [0.15, 0.2) is 57.6 Å². The van der Waals surface area contributed by atoms with Gasteiger partial charge in [-0.05, 0) is 29.8 Å². The number of rotatable bonds is 3. The van der Waals surface area contributed by atoms with Crippen LogP contribution in [0.5, 0.6) is 0 Å². The molecule has 8 heteroatoms. The number of carbonyl (C=O) groups excluding carboxylic acids is 1. The number of nitro benzene ring substituents is 1. The summed E-state index contributed by atoms with van der Waals surface area (Å²) >= 11 is 9.36. The Labute approximate surface area is 149 Å². The monoisotopic (exact) mass is 406 g/mol. The van der Waals surface area contributed by atoms with Gasteiger partial charge in [-0.15, -0.1) is 0 Å². The Hall–Kier alpha value is -2.51. The zero-order chi connectivity index (χ0) is 17.3. The molecule has 3 rings (SSSR count). The summed E-state index contributed by atoms with van der Waals surface area (Å²) < 4.78 is 6.03. The first-order chi connectivity index (χ1) is 11.4. The molecule has 6 nitrogen and oxygen atoms in total. The van der Waals surface area contributed by atoms with Crippen LogP contribution in [0, 0.1) is 10.1 Å². The van der Waals surface area contributed by atoms with E-state index in [0.717, 1.165) is 10.0 Å². The molecule has 0 radical (unpaired) electrons. The van der Waals surface area contributed by atoms with Gasteiger partial charge in [0.1, 0.15) is 0 Å². The van der Waals surface area contributed by atoms with Crippen molar-refractivity contribution in [2.24, 2.45) is 4.99 Å². The molecular formula is C16H8BrClN2O4. The van der Waals surface area contributed by atoms with E-state index in [1.54, 1.807) is 6.08 Å². The third kappa shape index (κ3) is 3.37. The van der Waals surface area contributed by atoms with Gasteiger partial charge in [-0.1, -0.05) is 39.7 Å². The van der Waals surface area contributed by atoms with Crippen LogP contribution < -0.4 is 0 Å². The third-order valence-electron chi connectivity index (χ3n) is 3.19. The number of nitro groups is 1. The van der Waals surface area contributed by atoms with E-state index in [0.29, 0.717) is 5.56 Å². The number of nitrogens with zero attached hydrogens (tertiary/aromatic N) is 2. The number of hydrogen-bond donors (Lipinski definition) is 0. The second-order valence-electron chi connectivity index (χ2n) is 4.81. The van der Waals surface area contributed by atoms with E-state index in [4.69, 9.17) is 16.3 Å². The van der Waals surface area contributed by atoms with Gasteiger partial charge in [-0.2, -0.15) is 0 Å². The van der Waals surface area contributed by atoms with Crippen LogP contribution in [0.3, 0.4) is 0 Å². The third-order valence-corrected chi connectivity index (χ3v) is 4.03. The van der Waals surface area contributed by atoms with Gasteiger partial charge in [0.25, 0.3) is 5.69 Å². The summed E-state index contributed by atoms with van der Waals surface area (Å²) in [5.74, 6) is -0.592. The van der Waals surface area contributed by atoms with Gasteiger partial charge in [0.05, 0.1) is 15.5 Å². The van der Waals surface area contributed by atoms with E-state index in [1.807, 2.05) is 24.3 Å². The van der Waals surface area contributed by atoms with Crippen molar-refractivity contribution in [1.82, 2.24) is 0 Å². The number of carbonyl (C=O) groups is 1. The first-order valence-electron chi connectivity index (χ1n) is 6.66. The summed E-state index contributed by atoms with van der Waals surface area (Å²) in [6.45, 7) is 0. The number of halogens is 2. The Morgan fingerprint density at radius 1 is 1.21 bits per heavy atom. The highest BCUT2D eigenvalue weighted by atomic mass is 79.9. The molecule has 1 aliphatic heterocycles. The maximum Gasteiger partial charge on any atom is 0.363 e. The zero-order valence-corrected chi connectivity index (χ0v) is 14.2. The minimum Gasteiger partial charge on any atom is -0.402 e. The summed E-state index contributed by atoms with van der Waals surface area (Å²) in [5, 5.41) is 10.8. The number of ether oxygens (including phenoxy) is 1. The Kier molecular flexibility index (Phi) is 4.46. The molecule has 2 aromatic rings. The molecule has 0 aliphatic carbocycles. The quantitative estimate of drug-likeness (QED) is 0.328. The van der Waals surface area contributed by atoms with Gasteiger partial charge in [0.15, 0.2) is 5.70 Å². The molecule has 0 saturated carbocycles. The molecule has 0 fully saturated rings. The smallest absolute Gasteiger partial charge is 0.363 e. The zero-order valence-electron chi connectivity index (χ0n) is 11.9. The summed E-state index contributed by atoms with van der Waals surface area (Å²) in [4.78, 5) is 26.3. The molecule has 2 aromatic carbocycles. The van der Waals surface area contributed by atoms with Crippen LogP contribution >= 0.6 is 27.5 Å². The predicted molar refractivity (Wildman–Crippen MR) is 92.9 cm³/mol. The Morgan fingerprint density at radius 2 is 1.92 bits per heavy atom. The van der Waals surface area contributed by atoms with Gasteiger partial charge < -0.3 is 4.74 Å². The molecule has 120 valence electrons. The summed E-state index contributed by atoms with van der Waals surface area (Å²) in [6.07, 6.45) is 1.58. The van der Waals surface area contributed by atoms with Crippen molar-refractivity contribution in [2.75, 3.05) is 0 Å². The van der Waals surface area contributed by atoms with Crippen molar-refractivity contribution in [3.05, 3.63) is 78.9 Å². The Bertz CT molecular complexity index is 907. The number of hydrogen-bond acceptors (Lipinski definition) is 5. The second kappa shape index (κ2) is 6.54. The molecule has 0 bridgehead atoms. The van der Waals surface area contributed by atoms with Gasteiger partial charge in [-0.25, -0.2) is 9.79 Å². The van der Waals surface area contributed by atoms with Crippen LogP contribution in [-0.4, -0.2) is 16.8 Å². The lowest BCUT2D eigenvalue weighted by atomic mass is 10.2. The largest absolute Gasteiger partial charge is 0.402 e. The van der Waals surface area contributed by atoms with Crippen molar-refractivity contribution < 1.29 is 14.5 Å². The number of cyclic esters (lactones) is 1.